The van der Waals surface area contributed by atoms with Gasteiger partial charge in [0.05, 0.1) is 21.3 Å². The summed E-state index contributed by atoms with van der Waals surface area (Å²) < 4.78 is 51.2. The van der Waals surface area contributed by atoms with Crippen LogP contribution in [-0.2, 0) is 19.7 Å². The Balaban J connectivity index is 0.000000291. The molecule has 6 heterocycles. The monoisotopic (exact) mass is 874 g/mol. The fourth-order valence-corrected chi connectivity index (χ4v) is 7.01. The van der Waals surface area contributed by atoms with Crippen molar-refractivity contribution >= 4 is 63.1 Å². The molecule has 0 spiro atoms. The summed E-state index contributed by atoms with van der Waals surface area (Å²) in [6.07, 6.45) is 9.30. The van der Waals surface area contributed by atoms with Crippen molar-refractivity contribution in [2.45, 2.75) is 37.5 Å². The van der Waals surface area contributed by atoms with E-state index in [0.717, 1.165) is 11.1 Å². The third-order valence-corrected chi connectivity index (χ3v) is 11.0. The smallest absolute Gasteiger partial charge is 1.00 e. The molecule has 0 aliphatic heterocycles. The van der Waals surface area contributed by atoms with Gasteiger partial charge in [0.2, 0.25) is 5.82 Å². The summed E-state index contributed by atoms with van der Waals surface area (Å²) in [5.41, 5.74) is 2.68. The molecular formula is C30H30Br2ClN10NaO4S2. The minimum Gasteiger partial charge on any atom is -1.00 e. The second-order valence-electron chi connectivity index (χ2n) is 10.0. The number of halogens is 3. The number of rotatable bonds is 7. The van der Waals surface area contributed by atoms with Crippen molar-refractivity contribution < 1.29 is 47.8 Å². The van der Waals surface area contributed by atoms with Crippen molar-refractivity contribution in [3.05, 3.63) is 99.1 Å². The normalized spacial score (nSPS) is 11.0. The van der Waals surface area contributed by atoms with Gasteiger partial charge in [0.1, 0.15) is 29.2 Å². The third-order valence-electron chi connectivity index (χ3n) is 6.42. The summed E-state index contributed by atoms with van der Waals surface area (Å²) >= 11 is 12.0. The second kappa shape index (κ2) is 18.5. The Labute approximate surface area is 334 Å². The molecule has 0 amide bonds. The van der Waals surface area contributed by atoms with Crippen LogP contribution in [-0.4, -0.2) is 78.2 Å². The zero-order valence-electron chi connectivity index (χ0n) is 28.5. The number of nitrogens with zero attached hydrogens (tertiary/aromatic N) is 9. The van der Waals surface area contributed by atoms with E-state index in [1.807, 2.05) is 32.0 Å². The van der Waals surface area contributed by atoms with E-state index >= 15 is 0 Å². The van der Waals surface area contributed by atoms with E-state index in [1.165, 1.54) is 41.9 Å². The van der Waals surface area contributed by atoms with Crippen LogP contribution >= 0.6 is 43.5 Å². The summed E-state index contributed by atoms with van der Waals surface area (Å²) in [6.45, 7) is 7.09. The van der Waals surface area contributed by atoms with Crippen LogP contribution in [0, 0.1) is 13.8 Å². The number of aryl methyl sites for hydroxylation is 2. The van der Waals surface area contributed by atoms with E-state index in [0.29, 0.717) is 25.7 Å². The summed E-state index contributed by atoms with van der Waals surface area (Å²) in [5, 5.41) is 11.2. The van der Waals surface area contributed by atoms with Gasteiger partial charge in [-0.1, -0.05) is 37.6 Å². The molecule has 0 aliphatic rings. The van der Waals surface area contributed by atoms with Crippen LogP contribution in [0.15, 0.2) is 92.6 Å². The number of hydrogen-bond acceptors (Lipinski definition) is 12. The average Bonchev–Trinajstić information content (AvgIpc) is 3.81. The maximum atomic E-state index is 12.3. The molecule has 0 aliphatic carbocycles. The van der Waals surface area contributed by atoms with Crippen LogP contribution in [0.25, 0.3) is 28.9 Å². The quantitative estimate of drug-likeness (QED) is 0.182. The van der Waals surface area contributed by atoms with Crippen molar-refractivity contribution in [1.82, 2.24) is 49.9 Å². The molecule has 0 fully saturated rings. The number of pyridine rings is 4. The van der Waals surface area contributed by atoms with Crippen LogP contribution in [0.5, 0.6) is 0 Å². The van der Waals surface area contributed by atoms with Gasteiger partial charge in [-0.25, -0.2) is 41.5 Å². The maximum absolute atomic E-state index is 12.3. The maximum Gasteiger partial charge on any atom is 1.00 e. The minimum atomic E-state index is -3.46. The molecule has 0 atom stereocenters. The summed E-state index contributed by atoms with van der Waals surface area (Å²) in [7, 11) is -6.82. The molecule has 6 aromatic heterocycles. The van der Waals surface area contributed by atoms with Gasteiger partial charge in [-0.3, -0.25) is 15.1 Å². The number of nitrogens with one attached hydrogen (secondary N) is 1. The molecule has 14 nitrogen and oxygen atoms in total. The molecule has 0 saturated carbocycles. The largest absolute Gasteiger partial charge is 1.00 e. The molecule has 258 valence electrons. The Morgan fingerprint density at radius 2 is 1.32 bits per heavy atom. The van der Waals surface area contributed by atoms with Gasteiger partial charge in [0.15, 0.2) is 31.3 Å². The average molecular weight is 877 g/mol. The number of sulfone groups is 2. The van der Waals surface area contributed by atoms with E-state index in [4.69, 9.17) is 11.6 Å². The number of aromatic nitrogens is 10. The van der Waals surface area contributed by atoms with Gasteiger partial charge >= 0.3 is 29.6 Å². The summed E-state index contributed by atoms with van der Waals surface area (Å²) in [4.78, 5) is 24.7. The van der Waals surface area contributed by atoms with Crippen LogP contribution in [0.4, 0.5) is 0 Å². The van der Waals surface area contributed by atoms with E-state index in [-0.39, 0.29) is 69.5 Å². The van der Waals surface area contributed by atoms with Gasteiger partial charge in [-0.05, 0) is 81.1 Å². The van der Waals surface area contributed by atoms with E-state index in [1.54, 1.807) is 32.3 Å². The first kappa shape index (κ1) is 41.5. The first-order chi connectivity index (χ1) is 23.2. The van der Waals surface area contributed by atoms with Crippen molar-refractivity contribution in [2.24, 2.45) is 0 Å². The predicted molar refractivity (Wildman–Crippen MR) is 193 cm³/mol. The molecule has 6 rings (SSSR count). The zero-order valence-corrected chi connectivity index (χ0v) is 35.0. The number of aromatic amines is 1. The van der Waals surface area contributed by atoms with Crippen LogP contribution in [0.3, 0.4) is 0 Å². The van der Waals surface area contributed by atoms with E-state index < -0.39 is 19.7 Å². The van der Waals surface area contributed by atoms with Crippen LogP contribution in [0.1, 0.15) is 26.4 Å². The van der Waals surface area contributed by atoms with Crippen molar-refractivity contribution in [2.75, 3.05) is 11.5 Å². The topological polar surface area (TPSA) is 192 Å². The summed E-state index contributed by atoms with van der Waals surface area (Å²) in [5.74, 6) is 1.14. The van der Waals surface area contributed by atoms with Gasteiger partial charge in [0.25, 0.3) is 0 Å². The molecule has 0 bridgehead atoms. The van der Waals surface area contributed by atoms with Gasteiger partial charge in [0, 0.05) is 33.7 Å². The van der Waals surface area contributed by atoms with Crippen molar-refractivity contribution in [3.8, 4) is 28.9 Å². The number of H-pyrrole nitrogens is 1. The molecule has 20 heteroatoms. The zero-order chi connectivity index (χ0) is 35.8. The Morgan fingerprint density at radius 1 is 0.760 bits per heavy atom. The summed E-state index contributed by atoms with van der Waals surface area (Å²) in [6, 6.07) is 10.5. The van der Waals surface area contributed by atoms with Crippen LogP contribution < -0.4 is 29.6 Å². The molecule has 0 aromatic carbocycles. The third kappa shape index (κ3) is 11.0. The molecule has 6 aromatic rings. The SMILES string of the molecule is CCS(=O)(=O)c1cc(Br)cnc1-c1ncn(-c2ccc(C)cn2)n1.CCS(=O)(=O)c1cc(Br)cnc1-c1ncn[nH]1.Cc1ccc(Cl)nc1.[H-].[Na+]. The standard InChI is InChI=1S/C15H14BrN5O2S.C9H9BrN4O2S.C6H6ClN.Na.H/c1-3-24(22,23)12-6-11(16)8-18-14(12)15-19-9-21(20-15)13-5-4-10(2)7-17-13;1-2-17(15,16)7-3-6(10)4-11-8(7)9-12-5-13-14-9;1-5-2-3-6(7)8-4-5;;/h4-9H,3H2,1-2H3;3-5H,2H2,1H3,(H,12,13,14);2-4H,1H3;;/q;;;+1;-1. The molecule has 0 radical (unpaired) electrons. The first-order valence-electron chi connectivity index (χ1n) is 14.3. The molecule has 50 heavy (non-hydrogen) atoms. The van der Waals surface area contributed by atoms with Crippen LogP contribution in [0.2, 0.25) is 5.15 Å². The minimum absolute atomic E-state index is 0. The Hall–Kier alpha value is -2.97. The van der Waals surface area contributed by atoms with E-state index in [9.17, 15) is 16.8 Å². The fourth-order valence-electron chi connectivity index (χ4n) is 3.82. The van der Waals surface area contributed by atoms with Crippen molar-refractivity contribution in [3.63, 3.8) is 0 Å². The Kier molecular flexibility index (Phi) is 15.3. The van der Waals surface area contributed by atoms with Gasteiger partial charge in [-0.15, -0.1) is 5.10 Å². The van der Waals surface area contributed by atoms with Gasteiger partial charge in [-0.2, -0.15) is 5.10 Å². The van der Waals surface area contributed by atoms with E-state index in [2.05, 4.69) is 77.1 Å². The second-order valence-corrected chi connectivity index (χ2v) is 16.7. The predicted octanol–water partition coefficient (Wildman–Crippen LogP) is 3.17. The Morgan fingerprint density at radius 3 is 1.80 bits per heavy atom. The van der Waals surface area contributed by atoms with Crippen molar-refractivity contribution in [1.29, 1.82) is 0 Å². The number of hydrogen-bond donors (Lipinski definition) is 1. The van der Waals surface area contributed by atoms with Gasteiger partial charge < -0.3 is 1.43 Å². The Bertz CT molecular complexity index is 2230. The molecule has 0 unspecified atom stereocenters. The molecule has 0 saturated heterocycles. The molecular weight excluding hydrogens is 847 g/mol. The fraction of sp³-hybridized carbons (Fsp3) is 0.200. The molecule has 1 N–H and O–H groups in total. The first-order valence-corrected chi connectivity index (χ1v) is 19.6.